The lowest BCUT2D eigenvalue weighted by Crippen LogP contribution is -2.37. The maximum Gasteiger partial charge on any atom is 0.227 e. The number of aryl methyl sites for hydroxylation is 2. The Morgan fingerprint density at radius 2 is 2.04 bits per heavy atom. The molecule has 1 heterocycles. The summed E-state index contributed by atoms with van der Waals surface area (Å²) in [6.07, 6.45) is 5.63. The third-order valence-corrected chi connectivity index (χ3v) is 4.71. The number of amides is 1. The van der Waals surface area contributed by atoms with Gasteiger partial charge in [-0.15, -0.1) is 0 Å². The molecule has 1 aliphatic carbocycles. The summed E-state index contributed by atoms with van der Waals surface area (Å²) < 4.78 is 10.9. The zero-order valence-electron chi connectivity index (χ0n) is 14.9. The molecule has 1 aliphatic rings. The fourth-order valence-electron chi connectivity index (χ4n) is 3.52. The van der Waals surface area contributed by atoms with E-state index < -0.39 is 0 Å². The van der Waals surface area contributed by atoms with E-state index in [0.29, 0.717) is 25.5 Å². The van der Waals surface area contributed by atoms with Crippen molar-refractivity contribution in [2.24, 2.45) is 5.92 Å². The standard InChI is InChI=1S/C20H27NO3/c1-14(2)12-21(7-8-23-3)20(22)11-17-13-24-19-10-16-6-4-5-15(16)9-18(17)19/h9-10,13-14H,4-8,11-12H2,1-3H3. The number of hydrogen-bond donors (Lipinski definition) is 0. The van der Waals surface area contributed by atoms with Gasteiger partial charge in [0.15, 0.2) is 0 Å². The van der Waals surface area contributed by atoms with Gasteiger partial charge in [0.2, 0.25) is 5.91 Å². The molecule has 4 heteroatoms. The van der Waals surface area contributed by atoms with Crippen LogP contribution in [0.5, 0.6) is 0 Å². The highest BCUT2D eigenvalue weighted by Gasteiger charge is 2.20. The highest BCUT2D eigenvalue weighted by molar-refractivity contribution is 5.88. The number of rotatable bonds is 7. The van der Waals surface area contributed by atoms with E-state index >= 15 is 0 Å². The van der Waals surface area contributed by atoms with Gasteiger partial charge in [0.05, 0.1) is 19.3 Å². The fraction of sp³-hybridized carbons (Fsp3) is 0.550. The average molecular weight is 329 g/mol. The molecule has 0 atom stereocenters. The summed E-state index contributed by atoms with van der Waals surface area (Å²) in [5.74, 6) is 0.583. The molecule has 0 radical (unpaired) electrons. The average Bonchev–Trinajstić information content (AvgIpc) is 3.15. The fourth-order valence-corrected chi connectivity index (χ4v) is 3.52. The number of methoxy groups -OCH3 is 1. The van der Waals surface area contributed by atoms with E-state index in [4.69, 9.17) is 9.15 Å². The Labute approximate surface area is 143 Å². The van der Waals surface area contributed by atoms with Crippen molar-refractivity contribution in [2.75, 3.05) is 26.8 Å². The Morgan fingerprint density at radius 1 is 1.29 bits per heavy atom. The summed E-state index contributed by atoms with van der Waals surface area (Å²) in [6.45, 7) is 6.22. The number of benzene rings is 1. The van der Waals surface area contributed by atoms with Crippen molar-refractivity contribution in [1.82, 2.24) is 4.90 Å². The second-order valence-corrected chi connectivity index (χ2v) is 7.13. The van der Waals surface area contributed by atoms with Crippen molar-refractivity contribution in [1.29, 1.82) is 0 Å². The monoisotopic (exact) mass is 329 g/mol. The first kappa shape index (κ1) is 17.0. The van der Waals surface area contributed by atoms with Crippen molar-refractivity contribution in [3.63, 3.8) is 0 Å². The van der Waals surface area contributed by atoms with Gasteiger partial charge in [0, 0.05) is 31.1 Å². The Kier molecular flexibility index (Phi) is 5.24. The summed E-state index contributed by atoms with van der Waals surface area (Å²) in [5.41, 5.74) is 4.72. The topological polar surface area (TPSA) is 42.7 Å². The maximum atomic E-state index is 12.8. The van der Waals surface area contributed by atoms with Crippen LogP contribution in [0.4, 0.5) is 0 Å². The van der Waals surface area contributed by atoms with Gasteiger partial charge >= 0.3 is 0 Å². The number of carbonyl (C=O) groups is 1. The molecule has 0 bridgehead atoms. The van der Waals surface area contributed by atoms with E-state index in [9.17, 15) is 4.79 Å². The minimum atomic E-state index is 0.143. The Balaban J connectivity index is 1.78. The van der Waals surface area contributed by atoms with Gasteiger partial charge in [-0.3, -0.25) is 4.79 Å². The van der Waals surface area contributed by atoms with Crippen LogP contribution in [0, 0.1) is 5.92 Å². The van der Waals surface area contributed by atoms with Crippen molar-refractivity contribution < 1.29 is 13.9 Å². The third kappa shape index (κ3) is 3.64. The summed E-state index contributed by atoms with van der Waals surface area (Å²) in [4.78, 5) is 14.7. The zero-order valence-corrected chi connectivity index (χ0v) is 14.9. The second-order valence-electron chi connectivity index (χ2n) is 7.13. The van der Waals surface area contributed by atoms with Crippen LogP contribution in [0.1, 0.15) is 37.0 Å². The van der Waals surface area contributed by atoms with Crippen LogP contribution in [-0.2, 0) is 28.8 Å². The normalized spacial score (nSPS) is 13.7. The molecule has 0 aliphatic heterocycles. The molecule has 0 saturated carbocycles. The molecule has 0 saturated heterocycles. The van der Waals surface area contributed by atoms with E-state index in [1.54, 1.807) is 13.4 Å². The van der Waals surface area contributed by atoms with E-state index in [2.05, 4.69) is 26.0 Å². The number of carbonyl (C=O) groups excluding carboxylic acids is 1. The molecule has 1 aromatic carbocycles. The predicted octanol–water partition coefficient (Wildman–Crippen LogP) is 3.60. The quantitative estimate of drug-likeness (QED) is 0.779. The predicted molar refractivity (Wildman–Crippen MR) is 95.2 cm³/mol. The van der Waals surface area contributed by atoms with E-state index in [1.807, 2.05) is 4.90 Å². The summed E-state index contributed by atoms with van der Waals surface area (Å²) in [5, 5.41) is 1.10. The molecule has 24 heavy (non-hydrogen) atoms. The smallest absolute Gasteiger partial charge is 0.227 e. The zero-order chi connectivity index (χ0) is 17.1. The number of hydrogen-bond acceptors (Lipinski definition) is 3. The Hall–Kier alpha value is -1.81. The number of furan rings is 1. The molecule has 0 unspecified atom stereocenters. The largest absolute Gasteiger partial charge is 0.464 e. The van der Waals surface area contributed by atoms with Crippen LogP contribution in [0.3, 0.4) is 0 Å². The lowest BCUT2D eigenvalue weighted by atomic mass is 10.0. The van der Waals surface area contributed by atoms with Crippen LogP contribution in [-0.4, -0.2) is 37.6 Å². The van der Waals surface area contributed by atoms with Crippen molar-refractivity contribution in [2.45, 2.75) is 39.5 Å². The summed E-state index contributed by atoms with van der Waals surface area (Å²) in [6, 6.07) is 4.38. The first-order chi connectivity index (χ1) is 11.6. The summed E-state index contributed by atoms with van der Waals surface area (Å²) in [7, 11) is 1.67. The number of ether oxygens (including phenoxy) is 1. The molecule has 0 spiro atoms. The van der Waals surface area contributed by atoms with Gasteiger partial charge in [0.25, 0.3) is 0 Å². The van der Waals surface area contributed by atoms with Gasteiger partial charge in [-0.25, -0.2) is 0 Å². The van der Waals surface area contributed by atoms with Crippen LogP contribution in [0.25, 0.3) is 11.0 Å². The van der Waals surface area contributed by atoms with Crippen LogP contribution < -0.4 is 0 Å². The van der Waals surface area contributed by atoms with Gasteiger partial charge in [-0.2, -0.15) is 0 Å². The van der Waals surface area contributed by atoms with Crippen LogP contribution in [0.15, 0.2) is 22.8 Å². The lowest BCUT2D eigenvalue weighted by Gasteiger charge is -2.24. The molecule has 130 valence electrons. The second kappa shape index (κ2) is 7.39. The van der Waals surface area contributed by atoms with E-state index in [-0.39, 0.29) is 5.91 Å². The van der Waals surface area contributed by atoms with Gasteiger partial charge in [-0.1, -0.05) is 13.8 Å². The molecular formula is C20H27NO3. The first-order valence-corrected chi connectivity index (χ1v) is 8.87. The highest BCUT2D eigenvalue weighted by Crippen LogP contribution is 2.30. The molecule has 0 N–H and O–H groups in total. The number of nitrogens with zero attached hydrogens (tertiary/aromatic N) is 1. The minimum Gasteiger partial charge on any atom is -0.464 e. The highest BCUT2D eigenvalue weighted by atomic mass is 16.5. The van der Waals surface area contributed by atoms with Gasteiger partial charge in [-0.05, 0) is 48.4 Å². The number of fused-ring (bicyclic) bond motifs is 2. The SMILES string of the molecule is COCCN(CC(C)C)C(=O)Cc1coc2cc3c(cc12)CCC3. The molecule has 1 amide bonds. The van der Waals surface area contributed by atoms with Gasteiger partial charge in [0.1, 0.15) is 5.58 Å². The molecular weight excluding hydrogens is 302 g/mol. The van der Waals surface area contributed by atoms with Crippen LogP contribution in [0.2, 0.25) is 0 Å². The van der Waals surface area contributed by atoms with Gasteiger partial charge < -0.3 is 14.1 Å². The third-order valence-electron chi connectivity index (χ3n) is 4.71. The molecule has 2 aromatic rings. The first-order valence-electron chi connectivity index (χ1n) is 8.87. The minimum absolute atomic E-state index is 0.143. The van der Waals surface area contributed by atoms with E-state index in [0.717, 1.165) is 35.9 Å². The maximum absolute atomic E-state index is 12.8. The van der Waals surface area contributed by atoms with E-state index in [1.165, 1.54) is 17.5 Å². The molecule has 0 fully saturated rings. The molecule has 3 rings (SSSR count). The lowest BCUT2D eigenvalue weighted by molar-refractivity contribution is -0.131. The van der Waals surface area contributed by atoms with Crippen molar-refractivity contribution in [3.05, 3.63) is 35.1 Å². The Bertz CT molecular complexity index is 717. The molecule has 1 aromatic heterocycles. The van der Waals surface area contributed by atoms with Crippen LogP contribution >= 0.6 is 0 Å². The Morgan fingerprint density at radius 3 is 2.75 bits per heavy atom. The van der Waals surface area contributed by atoms with Crippen molar-refractivity contribution >= 4 is 16.9 Å². The molecule has 4 nitrogen and oxygen atoms in total. The summed E-state index contributed by atoms with van der Waals surface area (Å²) >= 11 is 0. The van der Waals surface area contributed by atoms with Crippen molar-refractivity contribution in [3.8, 4) is 0 Å².